The molecule has 17 heavy (non-hydrogen) atoms. The third kappa shape index (κ3) is 1.68. The third-order valence-corrected chi connectivity index (χ3v) is 3.57. The summed E-state index contributed by atoms with van der Waals surface area (Å²) in [6.07, 6.45) is 0. The van der Waals surface area contributed by atoms with Gasteiger partial charge >= 0.3 is 0 Å². The Hall–Kier alpha value is -1.88. The topological polar surface area (TPSA) is 56.7 Å². The normalized spacial score (nSPS) is 11.2. The molecule has 5 heteroatoms. The van der Waals surface area contributed by atoms with Crippen LogP contribution < -0.4 is 5.73 Å². The lowest BCUT2D eigenvalue weighted by atomic mass is 10.2. The van der Waals surface area contributed by atoms with Gasteiger partial charge in [-0.1, -0.05) is 17.4 Å². The number of fused-ring (bicyclic) bond motifs is 1. The van der Waals surface area contributed by atoms with Crippen molar-refractivity contribution in [2.24, 2.45) is 0 Å². The van der Waals surface area contributed by atoms with E-state index in [1.165, 1.54) is 5.56 Å². The van der Waals surface area contributed by atoms with E-state index in [0.717, 1.165) is 21.0 Å². The molecule has 2 heterocycles. The van der Waals surface area contributed by atoms with E-state index in [2.05, 4.69) is 29.1 Å². The first kappa shape index (κ1) is 10.3. The standard InChI is InChI=1S/C12H12N4S/c1-7-3-4-9-10(5-7)17-12(14-9)16-11(13)6-8(2)15-16/h3-6H,13H2,1-2H3. The van der Waals surface area contributed by atoms with Crippen molar-refractivity contribution < 1.29 is 0 Å². The van der Waals surface area contributed by atoms with E-state index in [1.807, 2.05) is 19.1 Å². The van der Waals surface area contributed by atoms with Crippen LogP contribution in [0.5, 0.6) is 0 Å². The molecule has 0 aliphatic carbocycles. The Bertz CT molecular complexity index is 696. The SMILES string of the molecule is Cc1ccc2nc(-n3nc(C)cc3N)sc2c1. The molecule has 0 bridgehead atoms. The fourth-order valence-corrected chi connectivity index (χ4v) is 2.82. The van der Waals surface area contributed by atoms with Crippen molar-refractivity contribution in [3.63, 3.8) is 0 Å². The molecule has 0 amide bonds. The van der Waals surface area contributed by atoms with E-state index in [-0.39, 0.29) is 0 Å². The molecule has 1 aromatic carbocycles. The molecule has 0 saturated heterocycles. The van der Waals surface area contributed by atoms with Gasteiger partial charge in [-0.05, 0) is 31.5 Å². The van der Waals surface area contributed by atoms with Crippen LogP contribution in [-0.4, -0.2) is 14.8 Å². The second kappa shape index (κ2) is 3.56. The van der Waals surface area contributed by atoms with Crippen molar-refractivity contribution in [1.82, 2.24) is 14.8 Å². The predicted molar refractivity (Wildman–Crippen MR) is 70.6 cm³/mol. The summed E-state index contributed by atoms with van der Waals surface area (Å²) >= 11 is 1.60. The fraction of sp³-hybridized carbons (Fsp3) is 0.167. The van der Waals surface area contributed by atoms with E-state index in [1.54, 1.807) is 16.0 Å². The number of nitrogens with zero attached hydrogens (tertiary/aromatic N) is 3. The van der Waals surface area contributed by atoms with E-state index >= 15 is 0 Å². The second-order valence-corrected chi connectivity index (χ2v) is 5.10. The molecule has 0 radical (unpaired) electrons. The highest BCUT2D eigenvalue weighted by Crippen LogP contribution is 2.26. The number of nitrogens with two attached hydrogens (primary N) is 1. The molecule has 4 nitrogen and oxygen atoms in total. The number of rotatable bonds is 1. The predicted octanol–water partition coefficient (Wildman–Crippen LogP) is 2.68. The summed E-state index contributed by atoms with van der Waals surface area (Å²) in [7, 11) is 0. The van der Waals surface area contributed by atoms with Gasteiger partial charge in [0.25, 0.3) is 0 Å². The fourth-order valence-electron chi connectivity index (χ4n) is 1.78. The van der Waals surface area contributed by atoms with Crippen LogP contribution >= 0.6 is 11.3 Å². The first-order valence-corrected chi connectivity index (χ1v) is 6.15. The van der Waals surface area contributed by atoms with Crippen molar-refractivity contribution in [3.05, 3.63) is 35.5 Å². The minimum atomic E-state index is 0.623. The Morgan fingerprint density at radius 2 is 2.06 bits per heavy atom. The zero-order valence-electron chi connectivity index (χ0n) is 9.64. The van der Waals surface area contributed by atoms with Crippen LogP contribution in [0.2, 0.25) is 0 Å². The first-order valence-electron chi connectivity index (χ1n) is 5.33. The minimum absolute atomic E-state index is 0.623. The lowest BCUT2D eigenvalue weighted by molar-refractivity contribution is 0.865. The third-order valence-electron chi connectivity index (χ3n) is 2.57. The van der Waals surface area contributed by atoms with Crippen LogP contribution in [-0.2, 0) is 0 Å². The van der Waals surface area contributed by atoms with Gasteiger partial charge in [0, 0.05) is 6.07 Å². The molecule has 0 unspecified atom stereocenters. The average Bonchev–Trinajstić information content (AvgIpc) is 2.80. The highest BCUT2D eigenvalue weighted by Gasteiger charge is 2.09. The Balaban J connectivity index is 2.21. The smallest absolute Gasteiger partial charge is 0.213 e. The zero-order valence-corrected chi connectivity index (χ0v) is 10.5. The van der Waals surface area contributed by atoms with Gasteiger partial charge in [-0.2, -0.15) is 9.78 Å². The van der Waals surface area contributed by atoms with E-state index in [9.17, 15) is 0 Å². The Labute approximate surface area is 103 Å². The summed E-state index contributed by atoms with van der Waals surface area (Å²) in [5, 5.41) is 5.15. The number of nitrogen functional groups attached to an aromatic ring is 1. The monoisotopic (exact) mass is 244 g/mol. The Morgan fingerprint density at radius 1 is 1.24 bits per heavy atom. The maximum Gasteiger partial charge on any atom is 0.213 e. The van der Waals surface area contributed by atoms with Gasteiger partial charge in [0.15, 0.2) is 0 Å². The molecule has 86 valence electrons. The largest absolute Gasteiger partial charge is 0.383 e. The highest BCUT2D eigenvalue weighted by molar-refractivity contribution is 7.20. The van der Waals surface area contributed by atoms with Crippen LogP contribution in [0, 0.1) is 13.8 Å². The van der Waals surface area contributed by atoms with Crippen molar-refractivity contribution in [3.8, 4) is 5.13 Å². The average molecular weight is 244 g/mol. The summed E-state index contributed by atoms with van der Waals surface area (Å²) in [6.45, 7) is 4.00. The Kier molecular flexibility index (Phi) is 2.16. The molecule has 2 aromatic heterocycles. The molecule has 0 saturated carbocycles. The summed E-state index contributed by atoms with van der Waals surface area (Å²) < 4.78 is 2.85. The first-order chi connectivity index (χ1) is 8.13. The van der Waals surface area contributed by atoms with Crippen LogP contribution in [0.1, 0.15) is 11.3 Å². The number of aryl methyl sites for hydroxylation is 2. The summed E-state index contributed by atoms with van der Waals surface area (Å²) in [5.74, 6) is 0.623. The number of benzene rings is 1. The van der Waals surface area contributed by atoms with Gasteiger partial charge in [0.1, 0.15) is 5.82 Å². The van der Waals surface area contributed by atoms with Crippen LogP contribution in [0.15, 0.2) is 24.3 Å². The Morgan fingerprint density at radius 3 is 2.76 bits per heavy atom. The van der Waals surface area contributed by atoms with E-state index in [0.29, 0.717) is 5.82 Å². The van der Waals surface area contributed by atoms with Gasteiger partial charge < -0.3 is 5.73 Å². The molecular weight excluding hydrogens is 232 g/mol. The maximum absolute atomic E-state index is 5.89. The second-order valence-electron chi connectivity index (χ2n) is 4.09. The van der Waals surface area contributed by atoms with E-state index in [4.69, 9.17) is 5.73 Å². The molecule has 3 rings (SSSR count). The molecule has 0 atom stereocenters. The van der Waals surface area contributed by atoms with Gasteiger partial charge in [0.2, 0.25) is 5.13 Å². The van der Waals surface area contributed by atoms with Crippen LogP contribution in [0.25, 0.3) is 15.3 Å². The van der Waals surface area contributed by atoms with E-state index < -0.39 is 0 Å². The molecular formula is C12H12N4S. The maximum atomic E-state index is 5.89. The number of aromatic nitrogens is 3. The molecule has 0 aliphatic heterocycles. The molecule has 0 spiro atoms. The van der Waals surface area contributed by atoms with Gasteiger partial charge in [-0.3, -0.25) is 0 Å². The lowest BCUT2D eigenvalue weighted by Gasteiger charge is -1.96. The summed E-state index contributed by atoms with van der Waals surface area (Å²) in [6, 6.07) is 8.06. The number of hydrogen-bond donors (Lipinski definition) is 1. The highest BCUT2D eigenvalue weighted by atomic mass is 32.1. The summed E-state index contributed by atoms with van der Waals surface area (Å²) in [5.41, 5.74) is 9.02. The number of thiazole rings is 1. The molecule has 0 aliphatic rings. The number of anilines is 1. The van der Waals surface area contributed by atoms with Crippen molar-refractivity contribution >= 4 is 27.4 Å². The van der Waals surface area contributed by atoms with Gasteiger partial charge in [-0.15, -0.1) is 0 Å². The number of hydrogen-bond acceptors (Lipinski definition) is 4. The van der Waals surface area contributed by atoms with Gasteiger partial charge in [0.05, 0.1) is 15.9 Å². The quantitative estimate of drug-likeness (QED) is 0.716. The minimum Gasteiger partial charge on any atom is -0.383 e. The van der Waals surface area contributed by atoms with Crippen LogP contribution in [0.4, 0.5) is 5.82 Å². The zero-order chi connectivity index (χ0) is 12.0. The molecule has 3 aromatic rings. The molecule has 0 fully saturated rings. The van der Waals surface area contributed by atoms with Crippen molar-refractivity contribution in [1.29, 1.82) is 0 Å². The van der Waals surface area contributed by atoms with Crippen LogP contribution in [0.3, 0.4) is 0 Å². The van der Waals surface area contributed by atoms with Crippen molar-refractivity contribution in [2.45, 2.75) is 13.8 Å². The van der Waals surface area contributed by atoms with Crippen molar-refractivity contribution in [2.75, 3.05) is 5.73 Å². The van der Waals surface area contributed by atoms with Gasteiger partial charge in [-0.25, -0.2) is 4.98 Å². The molecule has 2 N–H and O–H groups in total. The lowest BCUT2D eigenvalue weighted by Crippen LogP contribution is -2.00. The summed E-state index contributed by atoms with van der Waals surface area (Å²) in [4.78, 5) is 4.54.